The van der Waals surface area contributed by atoms with Gasteiger partial charge in [-0.2, -0.15) is 22.0 Å². The fraction of sp³-hybridized carbons (Fsp3) is 0.300. The molecule has 0 aromatic heterocycles. The second-order valence-electron chi connectivity index (χ2n) is 3.69. The first kappa shape index (κ1) is 13.1. The maximum Gasteiger partial charge on any atom is 0.446 e. The van der Waals surface area contributed by atoms with Crippen LogP contribution >= 0.6 is 11.8 Å². The SMILES string of the molecule is O=C1c2c(SC(F)(F)F)ccc(O)c2CC1(F)F. The van der Waals surface area contributed by atoms with Gasteiger partial charge in [0.15, 0.2) is 0 Å². The zero-order chi connectivity index (χ0) is 13.7. The van der Waals surface area contributed by atoms with Crippen LogP contribution in [0.15, 0.2) is 17.0 Å². The van der Waals surface area contributed by atoms with Crippen LogP contribution in [0.25, 0.3) is 0 Å². The predicted molar refractivity (Wildman–Crippen MR) is 53.0 cm³/mol. The average molecular weight is 284 g/mol. The molecular formula is C10H5F5O2S. The molecular weight excluding hydrogens is 279 g/mol. The molecule has 0 heterocycles. The highest BCUT2D eigenvalue weighted by atomic mass is 32.2. The maximum atomic E-state index is 13.2. The molecule has 0 aliphatic heterocycles. The summed E-state index contributed by atoms with van der Waals surface area (Å²) < 4.78 is 63.0. The van der Waals surface area contributed by atoms with Crippen LogP contribution in [0.3, 0.4) is 0 Å². The molecule has 0 amide bonds. The largest absolute Gasteiger partial charge is 0.508 e. The number of carbonyl (C=O) groups excluding carboxylic acids is 1. The van der Waals surface area contributed by atoms with Gasteiger partial charge in [-0.1, -0.05) is 0 Å². The minimum atomic E-state index is -4.69. The lowest BCUT2D eigenvalue weighted by Gasteiger charge is -2.10. The summed E-state index contributed by atoms with van der Waals surface area (Å²) in [5.41, 5.74) is -5.86. The molecule has 1 aromatic rings. The molecule has 0 spiro atoms. The average Bonchev–Trinajstić information content (AvgIpc) is 2.43. The molecule has 8 heteroatoms. The summed E-state index contributed by atoms with van der Waals surface area (Å²) in [6, 6.07) is 1.69. The minimum Gasteiger partial charge on any atom is -0.508 e. The Labute approximate surface area is 102 Å². The normalized spacial score (nSPS) is 17.9. The van der Waals surface area contributed by atoms with Crippen LogP contribution in [0.5, 0.6) is 5.75 Å². The van der Waals surface area contributed by atoms with E-state index in [-0.39, 0.29) is 0 Å². The Morgan fingerprint density at radius 1 is 1.28 bits per heavy atom. The van der Waals surface area contributed by atoms with Crippen molar-refractivity contribution in [1.29, 1.82) is 0 Å². The van der Waals surface area contributed by atoms with Crippen molar-refractivity contribution >= 4 is 17.5 Å². The number of hydrogen-bond donors (Lipinski definition) is 1. The van der Waals surface area contributed by atoms with Crippen LogP contribution in [0.1, 0.15) is 15.9 Å². The fourth-order valence-corrected chi connectivity index (χ4v) is 2.44. The quantitative estimate of drug-likeness (QED) is 0.634. The highest BCUT2D eigenvalue weighted by molar-refractivity contribution is 8.00. The first-order chi connectivity index (χ1) is 8.12. The van der Waals surface area contributed by atoms with Crippen LogP contribution in [0.4, 0.5) is 22.0 Å². The summed E-state index contributed by atoms with van der Waals surface area (Å²) in [6.45, 7) is 0. The number of carbonyl (C=O) groups is 1. The van der Waals surface area contributed by atoms with Gasteiger partial charge >= 0.3 is 11.4 Å². The van der Waals surface area contributed by atoms with Crippen molar-refractivity contribution in [3.8, 4) is 5.75 Å². The van der Waals surface area contributed by atoms with Gasteiger partial charge in [0.2, 0.25) is 5.78 Å². The van der Waals surface area contributed by atoms with Gasteiger partial charge in [0.1, 0.15) is 5.75 Å². The van der Waals surface area contributed by atoms with E-state index in [1.807, 2.05) is 0 Å². The Hall–Kier alpha value is -1.31. The Morgan fingerprint density at radius 2 is 1.89 bits per heavy atom. The summed E-state index contributed by atoms with van der Waals surface area (Å²) in [7, 11) is 0. The van der Waals surface area contributed by atoms with Gasteiger partial charge in [0.25, 0.3) is 0 Å². The van der Waals surface area contributed by atoms with Crippen molar-refractivity contribution in [3.05, 3.63) is 23.3 Å². The van der Waals surface area contributed by atoms with E-state index < -0.39 is 57.2 Å². The summed E-state index contributed by atoms with van der Waals surface area (Å²) >= 11 is -0.646. The number of rotatable bonds is 1. The number of fused-ring (bicyclic) bond motifs is 1. The van der Waals surface area contributed by atoms with E-state index >= 15 is 0 Å². The van der Waals surface area contributed by atoms with Crippen molar-refractivity contribution in [1.82, 2.24) is 0 Å². The Morgan fingerprint density at radius 3 is 2.44 bits per heavy atom. The van der Waals surface area contributed by atoms with E-state index in [2.05, 4.69) is 0 Å². The van der Waals surface area contributed by atoms with E-state index in [0.29, 0.717) is 0 Å². The second-order valence-corrected chi connectivity index (χ2v) is 4.80. The molecule has 0 bridgehead atoms. The highest BCUT2D eigenvalue weighted by Crippen LogP contribution is 2.46. The molecule has 0 radical (unpaired) electrons. The van der Waals surface area contributed by atoms with E-state index in [1.165, 1.54) is 0 Å². The smallest absolute Gasteiger partial charge is 0.446 e. The van der Waals surface area contributed by atoms with Gasteiger partial charge < -0.3 is 5.11 Å². The van der Waals surface area contributed by atoms with E-state index in [1.54, 1.807) is 0 Å². The van der Waals surface area contributed by atoms with Crippen molar-refractivity contribution in [2.45, 2.75) is 22.7 Å². The monoisotopic (exact) mass is 284 g/mol. The number of benzene rings is 1. The lowest BCUT2D eigenvalue weighted by Crippen LogP contribution is -2.24. The molecule has 1 aromatic carbocycles. The first-order valence-electron chi connectivity index (χ1n) is 4.65. The van der Waals surface area contributed by atoms with Gasteiger partial charge in [-0.3, -0.25) is 4.79 Å². The molecule has 18 heavy (non-hydrogen) atoms. The molecule has 1 N–H and O–H groups in total. The Kier molecular flexibility index (Phi) is 2.80. The molecule has 1 aliphatic carbocycles. The molecule has 98 valence electrons. The number of hydrogen-bond acceptors (Lipinski definition) is 3. The van der Waals surface area contributed by atoms with Crippen molar-refractivity contribution < 1.29 is 31.9 Å². The van der Waals surface area contributed by atoms with Crippen molar-refractivity contribution in [2.75, 3.05) is 0 Å². The van der Waals surface area contributed by atoms with Gasteiger partial charge in [-0.05, 0) is 23.9 Å². The zero-order valence-corrected chi connectivity index (χ0v) is 9.33. The number of thioether (sulfide) groups is 1. The Balaban J connectivity index is 2.55. The number of alkyl halides is 5. The van der Waals surface area contributed by atoms with Crippen LogP contribution in [0.2, 0.25) is 0 Å². The fourth-order valence-electron chi connectivity index (χ4n) is 1.74. The number of phenols is 1. The lowest BCUT2D eigenvalue weighted by atomic mass is 10.1. The van der Waals surface area contributed by atoms with Gasteiger partial charge in [0, 0.05) is 22.4 Å². The molecule has 0 atom stereocenters. The van der Waals surface area contributed by atoms with Gasteiger partial charge in [-0.15, -0.1) is 0 Å². The minimum absolute atomic E-state index is 0.431. The maximum absolute atomic E-state index is 13.2. The zero-order valence-electron chi connectivity index (χ0n) is 8.52. The van der Waals surface area contributed by atoms with Crippen molar-refractivity contribution in [2.24, 2.45) is 0 Å². The third-order valence-electron chi connectivity index (χ3n) is 2.43. The number of Topliss-reactive ketones (excluding diaryl/α,β-unsaturated/α-hetero) is 1. The second kappa shape index (κ2) is 3.84. The number of aromatic hydroxyl groups is 1. The highest BCUT2D eigenvalue weighted by Gasteiger charge is 2.50. The lowest BCUT2D eigenvalue weighted by molar-refractivity contribution is -0.0328. The van der Waals surface area contributed by atoms with E-state index in [9.17, 15) is 31.9 Å². The summed E-state index contributed by atoms with van der Waals surface area (Å²) in [5, 5.41) is 9.33. The topological polar surface area (TPSA) is 37.3 Å². The first-order valence-corrected chi connectivity index (χ1v) is 5.47. The molecule has 0 saturated carbocycles. The molecule has 0 saturated heterocycles. The molecule has 2 nitrogen and oxygen atoms in total. The van der Waals surface area contributed by atoms with Crippen molar-refractivity contribution in [3.63, 3.8) is 0 Å². The molecule has 0 unspecified atom stereocenters. The van der Waals surface area contributed by atoms with Crippen LogP contribution in [-0.2, 0) is 6.42 Å². The summed E-state index contributed by atoms with van der Waals surface area (Å²) in [5.74, 6) is -6.04. The standard InChI is InChI=1S/C10H5F5O2S/c11-9(12)3-4-5(16)1-2-6(7(4)8(9)17)18-10(13,14)15/h1-2,16H,3H2. The number of ketones is 1. The van der Waals surface area contributed by atoms with Crippen LogP contribution in [0, 0.1) is 0 Å². The number of halogens is 5. The third kappa shape index (κ3) is 2.16. The summed E-state index contributed by atoms with van der Waals surface area (Å²) in [6.07, 6.45) is -1.07. The van der Waals surface area contributed by atoms with Crippen LogP contribution < -0.4 is 0 Å². The van der Waals surface area contributed by atoms with E-state index in [4.69, 9.17) is 0 Å². The van der Waals surface area contributed by atoms with Crippen LogP contribution in [-0.4, -0.2) is 22.3 Å². The predicted octanol–water partition coefficient (Wildman–Crippen LogP) is 3.38. The number of phenolic OH excluding ortho intramolecular Hbond substituents is 1. The van der Waals surface area contributed by atoms with Gasteiger partial charge in [-0.25, -0.2) is 0 Å². The Bertz CT molecular complexity index is 524. The molecule has 2 rings (SSSR count). The molecule has 1 aliphatic rings. The van der Waals surface area contributed by atoms with Gasteiger partial charge in [0.05, 0.1) is 0 Å². The van der Waals surface area contributed by atoms with E-state index in [0.717, 1.165) is 12.1 Å². The molecule has 0 fully saturated rings. The summed E-state index contributed by atoms with van der Waals surface area (Å²) in [4.78, 5) is 10.7. The third-order valence-corrected chi connectivity index (χ3v) is 3.23.